The van der Waals surface area contributed by atoms with E-state index in [4.69, 9.17) is 27.9 Å². The molecule has 0 aromatic heterocycles. The monoisotopic (exact) mass is 226 g/mol. The third-order valence-corrected chi connectivity index (χ3v) is 6.50. The van der Waals surface area contributed by atoms with Gasteiger partial charge in [0.2, 0.25) is 6.57 Å². The summed E-state index contributed by atoms with van der Waals surface area (Å²) < 4.78 is 10.2. The smallest absolute Gasteiger partial charge is 0.203 e. The van der Waals surface area contributed by atoms with E-state index in [2.05, 4.69) is 9.34 Å². The molecule has 6 heteroatoms. The number of halogens is 1. The minimum absolute atomic E-state index is 0.542. The summed E-state index contributed by atoms with van der Waals surface area (Å²) in [6.07, 6.45) is 0. The fourth-order valence-electron chi connectivity index (χ4n) is 1.09. The average molecular weight is 227 g/mol. The summed E-state index contributed by atoms with van der Waals surface area (Å²) in [5, 5.41) is 0. The van der Waals surface area contributed by atoms with E-state index >= 15 is 0 Å². The minimum Gasteiger partial charge on any atom is -0.325 e. The maximum atomic E-state index is 5.67. The van der Waals surface area contributed by atoms with E-state index in [9.17, 15) is 0 Å². The molecule has 2 aliphatic heterocycles. The summed E-state index contributed by atoms with van der Waals surface area (Å²) in [6.45, 7) is 3.28. The fourth-order valence-corrected chi connectivity index (χ4v) is 4.68. The number of alkyl halides is 1. The van der Waals surface area contributed by atoms with Crippen LogP contribution in [0.25, 0.3) is 0 Å². The van der Waals surface area contributed by atoms with Gasteiger partial charge < -0.3 is 4.52 Å². The summed E-state index contributed by atoms with van der Waals surface area (Å²) in [5.74, 6) is 0.542. The summed E-state index contributed by atoms with van der Waals surface area (Å²) in [4.78, 5) is 0. The first-order valence-corrected chi connectivity index (χ1v) is 7.25. The molecule has 0 atom stereocenters. The van der Waals surface area contributed by atoms with Crippen LogP contribution in [0.2, 0.25) is 0 Å². The van der Waals surface area contributed by atoms with Crippen molar-refractivity contribution >= 4 is 30.0 Å². The van der Waals surface area contributed by atoms with Crippen molar-refractivity contribution in [1.82, 2.24) is 9.34 Å². The SMILES string of the molecule is S=P(OCCCl)(N1CC1)N1CC1. The Balaban J connectivity index is 1.95. The molecule has 0 aromatic carbocycles. The number of hydrogen-bond acceptors (Lipinski definition) is 2. The van der Waals surface area contributed by atoms with Gasteiger partial charge in [0.05, 0.1) is 6.61 Å². The standard InChI is InChI=1S/C6H12ClN2OPS/c7-1-6-10-11(12,8-2-3-8)9-4-5-9/h1-6H2. The van der Waals surface area contributed by atoms with Crippen LogP contribution >= 0.6 is 18.2 Å². The molecule has 2 rings (SSSR count). The van der Waals surface area contributed by atoms with Crippen LogP contribution in [0, 0.1) is 0 Å². The molecule has 0 spiro atoms. The van der Waals surface area contributed by atoms with E-state index in [0.29, 0.717) is 12.5 Å². The van der Waals surface area contributed by atoms with Crippen LogP contribution in [0.1, 0.15) is 0 Å². The molecule has 0 aromatic rings. The third kappa shape index (κ3) is 1.84. The molecule has 12 heavy (non-hydrogen) atoms. The second-order valence-corrected chi connectivity index (χ2v) is 7.10. The molecule has 0 bridgehead atoms. The van der Waals surface area contributed by atoms with Crippen molar-refractivity contribution in [3.05, 3.63) is 0 Å². The molecule has 2 heterocycles. The van der Waals surface area contributed by atoms with Gasteiger partial charge in [0.1, 0.15) is 0 Å². The molecule has 0 unspecified atom stereocenters. The lowest BCUT2D eigenvalue weighted by atomic mass is 10.9. The normalized spacial score (nSPS) is 24.4. The molecule has 0 aliphatic carbocycles. The third-order valence-electron chi connectivity index (χ3n) is 1.90. The Morgan fingerprint density at radius 3 is 2.08 bits per heavy atom. The van der Waals surface area contributed by atoms with Crippen molar-refractivity contribution < 1.29 is 4.52 Å². The number of nitrogens with zero attached hydrogens (tertiary/aromatic N) is 2. The maximum absolute atomic E-state index is 5.67. The van der Waals surface area contributed by atoms with Gasteiger partial charge in [0.25, 0.3) is 0 Å². The molecule has 0 N–H and O–H groups in total. The quantitative estimate of drug-likeness (QED) is 0.396. The van der Waals surface area contributed by atoms with Gasteiger partial charge in [0.15, 0.2) is 0 Å². The highest BCUT2D eigenvalue weighted by atomic mass is 35.5. The van der Waals surface area contributed by atoms with Crippen LogP contribution in [0.15, 0.2) is 0 Å². The maximum Gasteiger partial charge on any atom is 0.203 e. The van der Waals surface area contributed by atoms with Gasteiger partial charge in [-0.05, 0) is 11.8 Å². The molecule has 0 saturated carbocycles. The van der Waals surface area contributed by atoms with Gasteiger partial charge in [-0.3, -0.25) is 0 Å². The molecule has 2 fully saturated rings. The van der Waals surface area contributed by atoms with Crippen LogP contribution < -0.4 is 0 Å². The lowest BCUT2D eigenvalue weighted by Crippen LogP contribution is -2.08. The van der Waals surface area contributed by atoms with Gasteiger partial charge in [-0.1, -0.05) is 0 Å². The fraction of sp³-hybridized carbons (Fsp3) is 1.00. The van der Waals surface area contributed by atoms with Crippen LogP contribution in [-0.4, -0.2) is 48.0 Å². The zero-order chi connectivity index (χ0) is 8.60. The van der Waals surface area contributed by atoms with Gasteiger partial charge >= 0.3 is 0 Å². The van der Waals surface area contributed by atoms with E-state index in [1.54, 1.807) is 0 Å². The van der Waals surface area contributed by atoms with Crippen molar-refractivity contribution in [1.29, 1.82) is 0 Å². The first-order chi connectivity index (χ1) is 5.77. The Kier molecular flexibility index (Phi) is 2.75. The van der Waals surface area contributed by atoms with Crippen molar-refractivity contribution in [3.63, 3.8) is 0 Å². The zero-order valence-corrected chi connectivity index (χ0v) is 9.25. The first-order valence-electron chi connectivity index (χ1n) is 4.09. The van der Waals surface area contributed by atoms with E-state index in [0.717, 1.165) is 26.2 Å². The molecule has 2 saturated heterocycles. The summed E-state index contributed by atoms with van der Waals surface area (Å²) in [6, 6.07) is 0. The topological polar surface area (TPSA) is 15.2 Å². The Bertz CT molecular complexity index is 204. The van der Waals surface area contributed by atoms with E-state index in [1.807, 2.05) is 0 Å². The number of hydrogen-bond donors (Lipinski definition) is 0. The van der Waals surface area contributed by atoms with Crippen molar-refractivity contribution in [3.8, 4) is 0 Å². The van der Waals surface area contributed by atoms with Gasteiger partial charge in [-0.2, -0.15) is 0 Å². The Labute approximate surface area is 82.8 Å². The highest BCUT2D eigenvalue weighted by molar-refractivity contribution is 8.10. The predicted octanol–water partition coefficient (Wildman–Crippen LogP) is 1.10. The van der Waals surface area contributed by atoms with E-state index in [-0.39, 0.29) is 0 Å². The lowest BCUT2D eigenvalue weighted by Gasteiger charge is -2.23. The van der Waals surface area contributed by atoms with Crippen LogP contribution in [0.5, 0.6) is 0 Å². The van der Waals surface area contributed by atoms with Crippen molar-refractivity contribution in [2.45, 2.75) is 0 Å². The van der Waals surface area contributed by atoms with Crippen molar-refractivity contribution in [2.75, 3.05) is 38.7 Å². The number of rotatable bonds is 5. The van der Waals surface area contributed by atoms with Gasteiger partial charge in [0, 0.05) is 32.1 Å². The largest absolute Gasteiger partial charge is 0.325 e. The van der Waals surface area contributed by atoms with Crippen molar-refractivity contribution in [2.24, 2.45) is 0 Å². The second kappa shape index (κ2) is 3.52. The molecular weight excluding hydrogens is 215 g/mol. The van der Waals surface area contributed by atoms with Crippen LogP contribution in [0.4, 0.5) is 0 Å². The predicted molar refractivity (Wildman–Crippen MR) is 54.1 cm³/mol. The zero-order valence-electron chi connectivity index (χ0n) is 6.78. The Hall–Kier alpha value is 0.820. The molecule has 3 nitrogen and oxygen atoms in total. The summed E-state index contributed by atoms with van der Waals surface area (Å²) in [5.41, 5.74) is 0. The summed E-state index contributed by atoms with van der Waals surface area (Å²) in [7, 11) is 0. The van der Waals surface area contributed by atoms with Crippen LogP contribution in [-0.2, 0) is 16.3 Å². The van der Waals surface area contributed by atoms with E-state index < -0.39 is 6.57 Å². The lowest BCUT2D eigenvalue weighted by molar-refractivity contribution is 0.344. The second-order valence-electron chi connectivity index (χ2n) is 2.92. The average Bonchev–Trinajstić information content (AvgIpc) is 2.92. The van der Waals surface area contributed by atoms with Gasteiger partial charge in [-0.15, -0.1) is 11.6 Å². The first kappa shape index (κ1) is 9.38. The molecule has 2 aliphatic rings. The van der Waals surface area contributed by atoms with E-state index in [1.165, 1.54) is 0 Å². The minimum atomic E-state index is -1.74. The Morgan fingerprint density at radius 1 is 1.25 bits per heavy atom. The molecule has 70 valence electrons. The molecule has 0 amide bonds. The van der Waals surface area contributed by atoms with Gasteiger partial charge in [-0.25, -0.2) is 9.34 Å². The van der Waals surface area contributed by atoms with Crippen LogP contribution in [0.3, 0.4) is 0 Å². The highest BCUT2D eigenvalue weighted by Crippen LogP contribution is 2.61. The molecular formula is C6H12ClN2OPS. The molecule has 0 radical (unpaired) electrons. The highest BCUT2D eigenvalue weighted by Gasteiger charge is 2.44. The Morgan fingerprint density at radius 2 is 1.75 bits per heavy atom. The summed E-state index contributed by atoms with van der Waals surface area (Å²) >= 11 is 11.1.